The van der Waals surface area contributed by atoms with Gasteiger partial charge in [-0.2, -0.15) is 0 Å². The maximum Gasteiger partial charge on any atom is 0.201 e. The van der Waals surface area contributed by atoms with Gasteiger partial charge in [0.15, 0.2) is 11.5 Å². The molecular formula is C8H10O3S. The number of hydrogen-bond donors (Lipinski definition) is 2. The zero-order valence-electron chi connectivity index (χ0n) is 6.87. The van der Waals surface area contributed by atoms with E-state index in [0.29, 0.717) is 16.4 Å². The third-order valence-corrected chi connectivity index (χ3v) is 1.85. The summed E-state index contributed by atoms with van der Waals surface area (Å²) in [7, 11) is 2.95. The van der Waals surface area contributed by atoms with Gasteiger partial charge in [-0.05, 0) is 12.1 Å². The lowest BCUT2D eigenvalue weighted by atomic mass is 10.3. The van der Waals surface area contributed by atoms with Crippen molar-refractivity contribution in [2.45, 2.75) is 4.90 Å². The van der Waals surface area contributed by atoms with E-state index in [9.17, 15) is 5.11 Å². The highest BCUT2D eigenvalue weighted by molar-refractivity contribution is 7.80. The van der Waals surface area contributed by atoms with Crippen LogP contribution in [0.3, 0.4) is 0 Å². The quantitative estimate of drug-likeness (QED) is 0.690. The van der Waals surface area contributed by atoms with Gasteiger partial charge in [0, 0.05) is 0 Å². The number of benzene rings is 1. The first-order valence-electron chi connectivity index (χ1n) is 3.33. The van der Waals surface area contributed by atoms with E-state index in [4.69, 9.17) is 9.47 Å². The van der Waals surface area contributed by atoms with Gasteiger partial charge in [-0.25, -0.2) is 0 Å². The predicted molar refractivity (Wildman–Crippen MR) is 48.5 cm³/mol. The van der Waals surface area contributed by atoms with E-state index >= 15 is 0 Å². The van der Waals surface area contributed by atoms with Gasteiger partial charge in [0.1, 0.15) is 0 Å². The molecule has 0 aromatic heterocycles. The van der Waals surface area contributed by atoms with E-state index < -0.39 is 0 Å². The van der Waals surface area contributed by atoms with Crippen molar-refractivity contribution in [1.29, 1.82) is 0 Å². The maximum absolute atomic E-state index is 9.47. The molecule has 0 fully saturated rings. The smallest absolute Gasteiger partial charge is 0.201 e. The molecule has 0 aliphatic carbocycles. The van der Waals surface area contributed by atoms with Crippen LogP contribution >= 0.6 is 12.6 Å². The summed E-state index contributed by atoms with van der Waals surface area (Å²) in [5.41, 5.74) is 0. The first-order valence-corrected chi connectivity index (χ1v) is 3.78. The van der Waals surface area contributed by atoms with Gasteiger partial charge in [0.05, 0.1) is 19.1 Å². The zero-order chi connectivity index (χ0) is 9.14. The van der Waals surface area contributed by atoms with Crippen molar-refractivity contribution in [3.05, 3.63) is 12.1 Å². The van der Waals surface area contributed by atoms with Crippen molar-refractivity contribution >= 4 is 12.6 Å². The molecule has 1 aromatic carbocycles. The predicted octanol–water partition coefficient (Wildman–Crippen LogP) is 1.70. The summed E-state index contributed by atoms with van der Waals surface area (Å²) in [4.78, 5) is 0.579. The number of phenolic OH excluding ortho intramolecular Hbond substituents is 1. The molecule has 0 saturated heterocycles. The van der Waals surface area contributed by atoms with Gasteiger partial charge in [-0.1, -0.05) is 0 Å². The van der Waals surface area contributed by atoms with E-state index in [0.717, 1.165) is 0 Å². The fraction of sp³-hybridized carbons (Fsp3) is 0.250. The second-order valence-corrected chi connectivity index (χ2v) is 2.65. The molecule has 0 atom stereocenters. The molecule has 1 aromatic rings. The van der Waals surface area contributed by atoms with Crippen LogP contribution in [-0.2, 0) is 0 Å². The Morgan fingerprint density at radius 1 is 1.25 bits per heavy atom. The molecule has 0 radical (unpaired) electrons. The highest BCUT2D eigenvalue weighted by Crippen LogP contribution is 2.39. The summed E-state index contributed by atoms with van der Waals surface area (Å²) in [5.74, 6) is 0.690. The summed E-state index contributed by atoms with van der Waals surface area (Å²) >= 11 is 4.09. The van der Waals surface area contributed by atoms with Crippen LogP contribution < -0.4 is 9.47 Å². The third kappa shape index (κ3) is 1.43. The van der Waals surface area contributed by atoms with Gasteiger partial charge < -0.3 is 14.6 Å². The van der Waals surface area contributed by atoms with E-state index in [1.165, 1.54) is 14.2 Å². The van der Waals surface area contributed by atoms with Crippen LogP contribution in [0.25, 0.3) is 0 Å². The summed E-state index contributed by atoms with van der Waals surface area (Å²) in [6, 6.07) is 3.32. The van der Waals surface area contributed by atoms with Crippen LogP contribution in [0.1, 0.15) is 0 Å². The average Bonchev–Trinajstić information content (AvgIpc) is 2.06. The summed E-state index contributed by atoms with van der Waals surface area (Å²) in [5, 5.41) is 9.47. The van der Waals surface area contributed by atoms with Crippen LogP contribution in [0, 0.1) is 0 Å². The molecule has 0 saturated carbocycles. The van der Waals surface area contributed by atoms with Crippen LogP contribution in [0.5, 0.6) is 17.2 Å². The molecule has 0 heterocycles. The summed E-state index contributed by atoms with van der Waals surface area (Å²) in [6.45, 7) is 0. The number of hydrogen-bond acceptors (Lipinski definition) is 4. The van der Waals surface area contributed by atoms with E-state index in [2.05, 4.69) is 12.6 Å². The summed E-state index contributed by atoms with van der Waals surface area (Å²) in [6.07, 6.45) is 0. The van der Waals surface area contributed by atoms with Crippen molar-refractivity contribution in [1.82, 2.24) is 0 Å². The van der Waals surface area contributed by atoms with Gasteiger partial charge >= 0.3 is 0 Å². The highest BCUT2D eigenvalue weighted by Gasteiger charge is 2.10. The Kier molecular flexibility index (Phi) is 2.70. The first kappa shape index (κ1) is 9.06. The largest absolute Gasteiger partial charge is 0.502 e. The standard InChI is InChI=1S/C8H10O3S/c1-10-5-3-4-6(12)8(11-2)7(5)9/h3-4,9,12H,1-2H3. The molecule has 12 heavy (non-hydrogen) atoms. The molecule has 0 amide bonds. The number of thiol groups is 1. The topological polar surface area (TPSA) is 38.7 Å². The molecule has 0 aliphatic rings. The monoisotopic (exact) mass is 186 g/mol. The molecule has 3 nitrogen and oxygen atoms in total. The van der Waals surface area contributed by atoms with Crippen molar-refractivity contribution in [3.8, 4) is 17.2 Å². The molecule has 66 valence electrons. The number of ether oxygens (including phenoxy) is 2. The van der Waals surface area contributed by atoms with Crippen molar-refractivity contribution in [2.75, 3.05) is 14.2 Å². The molecule has 4 heteroatoms. The Labute approximate surface area is 76.3 Å². The normalized spacial score (nSPS) is 9.58. The minimum absolute atomic E-state index is 0.0208. The van der Waals surface area contributed by atoms with Crippen LogP contribution in [-0.4, -0.2) is 19.3 Å². The minimum Gasteiger partial charge on any atom is -0.502 e. The van der Waals surface area contributed by atoms with Gasteiger partial charge in [0.25, 0.3) is 0 Å². The second kappa shape index (κ2) is 3.58. The highest BCUT2D eigenvalue weighted by atomic mass is 32.1. The molecule has 0 spiro atoms. The Morgan fingerprint density at radius 2 is 1.92 bits per heavy atom. The zero-order valence-corrected chi connectivity index (χ0v) is 7.76. The average molecular weight is 186 g/mol. The number of rotatable bonds is 2. The lowest BCUT2D eigenvalue weighted by Crippen LogP contribution is -1.89. The molecule has 1 rings (SSSR count). The van der Waals surface area contributed by atoms with Gasteiger partial charge in [0.2, 0.25) is 5.75 Å². The Hall–Kier alpha value is -1.03. The van der Waals surface area contributed by atoms with Crippen molar-refractivity contribution in [2.24, 2.45) is 0 Å². The lowest BCUT2D eigenvalue weighted by molar-refractivity contribution is 0.334. The van der Waals surface area contributed by atoms with E-state index in [-0.39, 0.29) is 5.75 Å². The number of phenols is 1. The van der Waals surface area contributed by atoms with Crippen LogP contribution in [0.4, 0.5) is 0 Å². The molecule has 0 bridgehead atoms. The van der Waals surface area contributed by atoms with Crippen molar-refractivity contribution < 1.29 is 14.6 Å². The molecular weight excluding hydrogens is 176 g/mol. The van der Waals surface area contributed by atoms with Gasteiger partial charge in [-0.15, -0.1) is 12.6 Å². The maximum atomic E-state index is 9.47. The molecule has 0 aliphatic heterocycles. The summed E-state index contributed by atoms with van der Waals surface area (Å²) < 4.78 is 9.79. The Balaban J connectivity index is 3.24. The van der Waals surface area contributed by atoms with Gasteiger partial charge in [-0.3, -0.25) is 0 Å². The van der Waals surface area contributed by atoms with Crippen LogP contribution in [0.2, 0.25) is 0 Å². The third-order valence-electron chi connectivity index (χ3n) is 1.50. The van der Waals surface area contributed by atoms with Crippen LogP contribution in [0.15, 0.2) is 17.0 Å². The molecule has 1 N–H and O–H groups in total. The van der Waals surface area contributed by atoms with Crippen molar-refractivity contribution in [3.63, 3.8) is 0 Å². The Bertz CT molecular complexity index is 286. The first-order chi connectivity index (χ1) is 5.70. The minimum atomic E-state index is -0.0208. The fourth-order valence-electron chi connectivity index (χ4n) is 0.908. The Morgan fingerprint density at radius 3 is 2.42 bits per heavy atom. The fourth-order valence-corrected chi connectivity index (χ4v) is 1.18. The van der Waals surface area contributed by atoms with E-state index in [1.54, 1.807) is 12.1 Å². The number of methoxy groups -OCH3 is 2. The second-order valence-electron chi connectivity index (χ2n) is 2.17. The molecule has 0 unspecified atom stereocenters. The van der Waals surface area contributed by atoms with E-state index in [1.807, 2.05) is 0 Å². The number of aromatic hydroxyl groups is 1. The lowest BCUT2D eigenvalue weighted by Gasteiger charge is -2.09. The SMILES string of the molecule is COc1ccc(S)c(OC)c1O.